The van der Waals surface area contributed by atoms with Crippen LogP contribution in [0.25, 0.3) is 0 Å². The molecule has 118 valence electrons. The molecule has 1 aliphatic heterocycles. The topological polar surface area (TPSA) is 41.3 Å². The molecule has 0 saturated carbocycles. The number of hydrogen-bond donors (Lipinski definition) is 1. The molecule has 1 aromatic carbocycles. The second-order valence-corrected chi connectivity index (χ2v) is 6.23. The summed E-state index contributed by atoms with van der Waals surface area (Å²) in [6.07, 6.45) is 4.12. The number of aliphatic hydroxyl groups excluding tert-OH is 1. The number of aromatic nitrogens is 2. The molecule has 1 fully saturated rings. The van der Waals surface area contributed by atoms with Gasteiger partial charge in [-0.25, -0.2) is 9.37 Å². The van der Waals surface area contributed by atoms with Crippen molar-refractivity contribution in [1.29, 1.82) is 0 Å². The third-order valence-electron chi connectivity index (χ3n) is 4.29. The van der Waals surface area contributed by atoms with Gasteiger partial charge in [0.05, 0.1) is 12.6 Å². The van der Waals surface area contributed by atoms with Gasteiger partial charge >= 0.3 is 0 Å². The fourth-order valence-electron chi connectivity index (χ4n) is 3.20. The van der Waals surface area contributed by atoms with Crippen LogP contribution in [0.1, 0.15) is 43.7 Å². The Hall–Kier alpha value is -1.72. The van der Waals surface area contributed by atoms with Gasteiger partial charge in [-0.05, 0) is 38.0 Å². The van der Waals surface area contributed by atoms with Crippen molar-refractivity contribution in [3.05, 3.63) is 53.9 Å². The Morgan fingerprint density at radius 1 is 1.32 bits per heavy atom. The molecule has 2 atom stereocenters. The first-order chi connectivity index (χ1) is 10.5. The van der Waals surface area contributed by atoms with Gasteiger partial charge in [-0.2, -0.15) is 0 Å². The van der Waals surface area contributed by atoms with E-state index in [1.807, 2.05) is 12.4 Å². The van der Waals surface area contributed by atoms with Gasteiger partial charge in [0, 0.05) is 31.0 Å². The third-order valence-corrected chi connectivity index (χ3v) is 4.29. The van der Waals surface area contributed by atoms with Crippen LogP contribution < -0.4 is 0 Å². The number of nitrogens with zero attached hydrogens (tertiary/aromatic N) is 3. The average Bonchev–Trinajstić information content (AvgIpc) is 3.07. The maximum absolute atomic E-state index is 13.1. The highest BCUT2D eigenvalue weighted by atomic mass is 19.1. The summed E-state index contributed by atoms with van der Waals surface area (Å²) in [5.41, 5.74) is 1.04. The number of β-amino-alcohol motifs (C(OH)–C–C–N with tert-alkyl or cyclic N) is 1. The van der Waals surface area contributed by atoms with E-state index >= 15 is 0 Å². The van der Waals surface area contributed by atoms with Crippen LogP contribution in [0.5, 0.6) is 0 Å². The molecule has 0 radical (unpaired) electrons. The van der Waals surface area contributed by atoms with Gasteiger partial charge in [0.2, 0.25) is 0 Å². The highest BCUT2D eigenvalue weighted by molar-refractivity contribution is 5.21. The molecule has 0 aliphatic carbocycles. The molecule has 1 saturated heterocycles. The van der Waals surface area contributed by atoms with E-state index in [1.54, 1.807) is 12.1 Å². The minimum atomic E-state index is -0.350. The molecule has 2 heterocycles. The van der Waals surface area contributed by atoms with E-state index in [9.17, 15) is 9.50 Å². The van der Waals surface area contributed by atoms with Crippen molar-refractivity contribution < 1.29 is 9.50 Å². The van der Waals surface area contributed by atoms with Crippen LogP contribution in [0.15, 0.2) is 36.7 Å². The standard InChI is InChI=1S/C17H22FN3O/c1-12(2)21-8-7-19-17(21)11-20-10-15(22)9-16(20)13-3-5-14(18)6-4-13/h3-8,12,15-16,22H,9-11H2,1-2H3/t15-,16-/m0/s1. The van der Waals surface area contributed by atoms with E-state index in [0.717, 1.165) is 11.4 Å². The number of hydrogen-bond acceptors (Lipinski definition) is 3. The molecule has 5 heteroatoms. The van der Waals surface area contributed by atoms with E-state index in [-0.39, 0.29) is 18.0 Å². The Kier molecular flexibility index (Phi) is 4.27. The zero-order valence-electron chi connectivity index (χ0n) is 13.0. The molecule has 0 unspecified atom stereocenters. The number of halogens is 1. The van der Waals surface area contributed by atoms with Gasteiger partial charge in [0.25, 0.3) is 0 Å². The molecule has 0 amide bonds. The molecule has 2 aromatic rings. The minimum absolute atomic E-state index is 0.105. The number of benzene rings is 1. The first-order valence-corrected chi connectivity index (χ1v) is 7.74. The molecular weight excluding hydrogens is 281 g/mol. The second-order valence-electron chi connectivity index (χ2n) is 6.23. The Morgan fingerprint density at radius 3 is 2.73 bits per heavy atom. The molecule has 4 nitrogen and oxygen atoms in total. The molecule has 3 rings (SSSR count). The number of likely N-dealkylation sites (tertiary alicyclic amines) is 1. The monoisotopic (exact) mass is 303 g/mol. The van der Waals surface area contributed by atoms with Gasteiger partial charge < -0.3 is 9.67 Å². The Labute approximate surface area is 130 Å². The van der Waals surface area contributed by atoms with E-state index in [2.05, 4.69) is 28.3 Å². The van der Waals surface area contributed by atoms with Crippen LogP contribution >= 0.6 is 0 Å². The van der Waals surface area contributed by atoms with Crippen molar-refractivity contribution in [2.45, 2.75) is 45.0 Å². The van der Waals surface area contributed by atoms with Gasteiger partial charge in [-0.15, -0.1) is 0 Å². The Bertz CT molecular complexity index is 623. The molecule has 0 bridgehead atoms. The fourth-order valence-corrected chi connectivity index (χ4v) is 3.20. The summed E-state index contributed by atoms with van der Waals surface area (Å²) in [4.78, 5) is 6.67. The van der Waals surface area contributed by atoms with Crippen molar-refractivity contribution in [3.8, 4) is 0 Å². The van der Waals surface area contributed by atoms with E-state index in [1.165, 1.54) is 12.1 Å². The summed E-state index contributed by atoms with van der Waals surface area (Å²) in [7, 11) is 0. The predicted molar refractivity (Wildman–Crippen MR) is 82.8 cm³/mol. The maximum Gasteiger partial charge on any atom is 0.123 e. The number of imidazole rings is 1. The van der Waals surface area contributed by atoms with Crippen molar-refractivity contribution in [3.63, 3.8) is 0 Å². The lowest BCUT2D eigenvalue weighted by atomic mass is 10.0. The highest BCUT2D eigenvalue weighted by Crippen LogP contribution is 2.33. The molecule has 22 heavy (non-hydrogen) atoms. The van der Waals surface area contributed by atoms with Crippen LogP contribution in [0, 0.1) is 5.82 Å². The van der Waals surface area contributed by atoms with Crippen molar-refractivity contribution in [2.24, 2.45) is 0 Å². The minimum Gasteiger partial charge on any atom is -0.392 e. The first kappa shape index (κ1) is 15.2. The summed E-state index contributed by atoms with van der Waals surface area (Å²) in [6.45, 7) is 5.56. The van der Waals surface area contributed by atoms with Crippen molar-refractivity contribution in [2.75, 3.05) is 6.54 Å². The van der Waals surface area contributed by atoms with Gasteiger partial charge in [-0.3, -0.25) is 4.90 Å². The van der Waals surface area contributed by atoms with Crippen molar-refractivity contribution >= 4 is 0 Å². The summed E-state index contributed by atoms with van der Waals surface area (Å²) in [6, 6.07) is 7.03. The van der Waals surface area contributed by atoms with Crippen LogP contribution in [-0.4, -0.2) is 32.2 Å². The molecule has 1 aromatic heterocycles. The lowest BCUT2D eigenvalue weighted by Crippen LogP contribution is -2.26. The molecule has 0 spiro atoms. The third kappa shape index (κ3) is 3.05. The quantitative estimate of drug-likeness (QED) is 0.944. The summed E-state index contributed by atoms with van der Waals surface area (Å²) in [5.74, 6) is 0.764. The lowest BCUT2D eigenvalue weighted by molar-refractivity contribution is 0.170. The SMILES string of the molecule is CC(C)n1ccnc1CN1C[C@@H](O)C[C@H]1c1ccc(F)cc1. The van der Waals surface area contributed by atoms with E-state index in [0.29, 0.717) is 25.6 Å². The smallest absolute Gasteiger partial charge is 0.123 e. The van der Waals surface area contributed by atoms with Gasteiger partial charge in [-0.1, -0.05) is 12.1 Å². The highest BCUT2D eigenvalue weighted by Gasteiger charge is 2.32. The Morgan fingerprint density at radius 2 is 2.05 bits per heavy atom. The summed E-state index contributed by atoms with van der Waals surface area (Å²) >= 11 is 0. The second kappa shape index (κ2) is 6.18. The predicted octanol–water partition coefficient (Wildman–Crippen LogP) is 2.91. The van der Waals surface area contributed by atoms with E-state index < -0.39 is 0 Å². The zero-order valence-corrected chi connectivity index (χ0v) is 13.0. The van der Waals surface area contributed by atoms with Crippen LogP contribution in [-0.2, 0) is 6.54 Å². The van der Waals surface area contributed by atoms with Crippen LogP contribution in [0.2, 0.25) is 0 Å². The van der Waals surface area contributed by atoms with E-state index in [4.69, 9.17) is 0 Å². The largest absolute Gasteiger partial charge is 0.392 e. The Balaban J connectivity index is 1.81. The zero-order chi connectivity index (χ0) is 15.7. The first-order valence-electron chi connectivity index (χ1n) is 7.74. The average molecular weight is 303 g/mol. The number of rotatable bonds is 4. The van der Waals surface area contributed by atoms with Gasteiger partial charge in [0.15, 0.2) is 0 Å². The summed E-state index contributed by atoms with van der Waals surface area (Å²) < 4.78 is 15.3. The normalized spacial score (nSPS) is 22.6. The molecular formula is C17H22FN3O. The number of aliphatic hydroxyl groups is 1. The molecule has 1 aliphatic rings. The lowest BCUT2D eigenvalue weighted by Gasteiger charge is -2.25. The fraction of sp³-hybridized carbons (Fsp3) is 0.471. The maximum atomic E-state index is 13.1. The van der Waals surface area contributed by atoms with Crippen LogP contribution in [0.4, 0.5) is 4.39 Å². The molecule has 1 N–H and O–H groups in total. The van der Waals surface area contributed by atoms with Crippen molar-refractivity contribution in [1.82, 2.24) is 14.5 Å². The van der Waals surface area contributed by atoms with Crippen LogP contribution in [0.3, 0.4) is 0 Å². The summed E-state index contributed by atoms with van der Waals surface area (Å²) in [5, 5.41) is 10.1. The van der Waals surface area contributed by atoms with Gasteiger partial charge in [0.1, 0.15) is 11.6 Å².